The molecule has 1 aliphatic carbocycles. The smallest absolute Gasteiger partial charge is 0.329 e. The number of methoxy groups -OCH3 is 1. The second-order valence-corrected chi connectivity index (χ2v) is 4.55. The Morgan fingerprint density at radius 2 is 2.18 bits per heavy atom. The van der Waals surface area contributed by atoms with Gasteiger partial charge in [0.1, 0.15) is 5.54 Å². The second-order valence-electron chi connectivity index (χ2n) is 4.55. The van der Waals surface area contributed by atoms with Gasteiger partial charge in [0.2, 0.25) is 5.91 Å². The van der Waals surface area contributed by atoms with Crippen LogP contribution in [0.3, 0.4) is 0 Å². The molecule has 1 amide bonds. The minimum atomic E-state index is -1.08. The van der Waals surface area contributed by atoms with Crippen molar-refractivity contribution in [2.75, 3.05) is 13.7 Å². The summed E-state index contributed by atoms with van der Waals surface area (Å²) in [7, 11) is 1.59. The van der Waals surface area contributed by atoms with Crippen molar-refractivity contribution in [1.29, 1.82) is 0 Å². The van der Waals surface area contributed by atoms with Crippen molar-refractivity contribution in [3.05, 3.63) is 0 Å². The molecule has 98 valence electrons. The highest BCUT2D eigenvalue weighted by Crippen LogP contribution is 2.35. The third-order valence-electron chi connectivity index (χ3n) is 3.63. The summed E-state index contributed by atoms with van der Waals surface area (Å²) in [6.07, 6.45) is 2.45. The van der Waals surface area contributed by atoms with Crippen molar-refractivity contribution < 1.29 is 19.4 Å². The van der Waals surface area contributed by atoms with Crippen LogP contribution < -0.4 is 0 Å². The van der Waals surface area contributed by atoms with Crippen molar-refractivity contribution in [3.63, 3.8) is 0 Å². The Bertz CT molecular complexity index is 305. The fraction of sp³-hybridized carbons (Fsp3) is 0.833. The molecule has 0 bridgehead atoms. The third kappa shape index (κ3) is 2.60. The maximum absolute atomic E-state index is 11.6. The van der Waals surface area contributed by atoms with Crippen LogP contribution in [-0.2, 0) is 14.3 Å². The van der Waals surface area contributed by atoms with E-state index in [1.807, 2.05) is 6.92 Å². The number of amides is 1. The first-order valence-electron chi connectivity index (χ1n) is 6.02. The van der Waals surface area contributed by atoms with Gasteiger partial charge in [-0.25, -0.2) is 4.79 Å². The van der Waals surface area contributed by atoms with E-state index in [4.69, 9.17) is 4.74 Å². The van der Waals surface area contributed by atoms with E-state index >= 15 is 0 Å². The number of carbonyl (C=O) groups excluding carboxylic acids is 1. The van der Waals surface area contributed by atoms with Gasteiger partial charge in [0.15, 0.2) is 0 Å². The Morgan fingerprint density at radius 3 is 2.59 bits per heavy atom. The number of hydrogen-bond acceptors (Lipinski definition) is 3. The fourth-order valence-corrected chi connectivity index (χ4v) is 2.79. The number of hydrogen-bond donors (Lipinski definition) is 1. The zero-order valence-electron chi connectivity index (χ0n) is 10.7. The molecule has 5 nitrogen and oxygen atoms in total. The summed E-state index contributed by atoms with van der Waals surface area (Å²) < 4.78 is 5.27. The Labute approximate surface area is 102 Å². The molecule has 0 saturated heterocycles. The molecule has 0 aromatic heterocycles. The first-order valence-corrected chi connectivity index (χ1v) is 6.02. The molecule has 1 aliphatic rings. The SMILES string of the molecule is CCN(C(C)=O)C1(C(=O)O)CCCC(OC)C1. The first kappa shape index (κ1) is 14.0. The maximum atomic E-state index is 11.6. The molecule has 2 unspecified atom stereocenters. The molecular formula is C12H21NO4. The van der Waals surface area contributed by atoms with E-state index in [0.29, 0.717) is 19.4 Å². The third-order valence-corrected chi connectivity index (χ3v) is 3.63. The zero-order valence-corrected chi connectivity index (χ0v) is 10.7. The van der Waals surface area contributed by atoms with Gasteiger partial charge in [-0.05, 0) is 26.2 Å². The van der Waals surface area contributed by atoms with Gasteiger partial charge < -0.3 is 14.7 Å². The minimum Gasteiger partial charge on any atom is -0.479 e. The molecule has 1 N–H and O–H groups in total. The summed E-state index contributed by atoms with van der Waals surface area (Å²) in [5.74, 6) is -1.11. The van der Waals surface area contributed by atoms with Gasteiger partial charge in [-0.3, -0.25) is 4.79 Å². The van der Waals surface area contributed by atoms with Gasteiger partial charge in [0.25, 0.3) is 0 Å². The molecular weight excluding hydrogens is 222 g/mol. The van der Waals surface area contributed by atoms with Crippen LogP contribution in [0.15, 0.2) is 0 Å². The van der Waals surface area contributed by atoms with Crippen molar-refractivity contribution in [3.8, 4) is 0 Å². The van der Waals surface area contributed by atoms with Crippen molar-refractivity contribution in [2.24, 2.45) is 0 Å². The van der Waals surface area contributed by atoms with Crippen LogP contribution in [-0.4, -0.2) is 47.2 Å². The number of rotatable bonds is 4. The van der Waals surface area contributed by atoms with Crippen molar-refractivity contribution in [2.45, 2.75) is 51.2 Å². The van der Waals surface area contributed by atoms with Gasteiger partial charge in [0, 0.05) is 27.0 Å². The Morgan fingerprint density at radius 1 is 1.53 bits per heavy atom. The monoisotopic (exact) mass is 243 g/mol. The van der Waals surface area contributed by atoms with Gasteiger partial charge in [-0.2, -0.15) is 0 Å². The number of likely N-dealkylation sites (N-methyl/N-ethyl adjacent to an activating group) is 1. The molecule has 0 aliphatic heterocycles. The minimum absolute atomic E-state index is 0.0757. The number of aliphatic carboxylic acids is 1. The van der Waals surface area contributed by atoms with Crippen molar-refractivity contribution in [1.82, 2.24) is 4.90 Å². The average molecular weight is 243 g/mol. The molecule has 0 aromatic carbocycles. The van der Waals surface area contributed by atoms with Crippen LogP contribution in [0.4, 0.5) is 0 Å². The summed E-state index contributed by atoms with van der Waals surface area (Å²) in [5.41, 5.74) is -1.08. The number of nitrogens with zero attached hydrogens (tertiary/aromatic N) is 1. The Kier molecular flexibility index (Phi) is 4.51. The highest BCUT2D eigenvalue weighted by Gasteiger charge is 2.48. The molecule has 0 spiro atoms. The van der Waals surface area contributed by atoms with E-state index in [2.05, 4.69) is 0 Å². The van der Waals surface area contributed by atoms with Gasteiger partial charge >= 0.3 is 5.97 Å². The Hall–Kier alpha value is -1.10. The Balaban J connectivity index is 3.03. The molecule has 1 fully saturated rings. The highest BCUT2D eigenvalue weighted by molar-refractivity contribution is 5.86. The number of ether oxygens (including phenoxy) is 1. The summed E-state index contributed by atoms with van der Waals surface area (Å²) in [6.45, 7) is 3.64. The number of carbonyl (C=O) groups is 2. The van der Waals surface area contributed by atoms with Crippen LogP contribution in [0.5, 0.6) is 0 Å². The normalized spacial score (nSPS) is 28.8. The van der Waals surface area contributed by atoms with Crippen LogP contribution in [0, 0.1) is 0 Å². The topological polar surface area (TPSA) is 66.8 Å². The average Bonchev–Trinajstić information content (AvgIpc) is 2.29. The molecule has 0 aromatic rings. The lowest BCUT2D eigenvalue weighted by Gasteiger charge is -2.44. The predicted molar refractivity (Wildman–Crippen MR) is 62.7 cm³/mol. The fourth-order valence-electron chi connectivity index (χ4n) is 2.79. The van der Waals surface area contributed by atoms with E-state index in [-0.39, 0.29) is 12.0 Å². The largest absolute Gasteiger partial charge is 0.479 e. The van der Waals surface area contributed by atoms with E-state index in [1.54, 1.807) is 7.11 Å². The molecule has 2 atom stereocenters. The lowest BCUT2D eigenvalue weighted by atomic mass is 9.78. The van der Waals surface area contributed by atoms with Gasteiger partial charge in [0.05, 0.1) is 6.10 Å². The van der Waals surface area contributed by atoms with Gasteiger partial charge in [-0.1, -0.05) is 0 Å². The lowest BCUT2D eigenvalue weighted by molar-refractivity contribution is -0.164. The summed E-state index contributed by atoms with van der Waals surface area (Å²) in [4.78, 5) is 24.7. The van der Waals surface area contributed by atoms with Crippen LogP contribution >= 0.6 is 0 Å². The number of carboxylic acid groups (broad SMARTS) is 1. The highest BCUT2D eigenvalue weighted by atomic mass is 16.5. The van der Waals surface area contributed by atoms with E-state index in [1.165, 1.54) is 11.8 Å². The second kappa shape index (κ2) is 5.49. The molecule has 0 radical (unpaired) electrons. The molecule has 1 rings (SSSR count). The number of carboxylic acids is 1. The van der Waals surface area contributed by atoms with Crippen molar-refractivity contribution >= 4 is 11.9 Å². The first-order chi connectivity index (χ1) is 7.97. The predicted octanol–water partition coefficient (Wildman–Crippen LogP) is 1.27. The molecule has 1 saturated carbocycles. The van der Waals surface area contributed by atoms with E-state index in [9.17, 15) is 14.7 Å². The maximum Gasteiger partial charge on any atom is 0.329 e. The summed E-state index contributed by atoms with van der Waals surface area (Å²) in [6, 6.07) is 0. The molecule has 5 heteroatoms. The lowest BCUT2D eigenvalue weighted by Crippen LogP contribution is -2.59. The molecule has 17 heavy (non-hydrogen) atoms. The summed E-state index contributed by atoms with van der Waals surface area (Å²) in [5, 5.41) is 9.50. The zero-order chi connectivity index (χ0) is 13.1. The van der Waals surface area contributed by atoms with Crippen LogP contribution in [0.25, 0.3) is 0 Å². The quantitative estimate of drug-likeness (QED) is 0.807. The van der Waals surface area contributed by atoms with Gasteiger partial charge in [-0.15, -0.1) is 0 Å². The van der Waals surface area contributed by atoms with Crippen LogP contribution in [0.2, 0.25) is 0 Å². The van der Waals surface area contributed by atoms with E-state index < -0.39 is 11.5 Å². The van der Waals surface area contributed by atoms with Crippen LogP contribution in [0.1, 0.15) is 39.5 Å². The summed E-state index contributed by atoms with van der Waals surface area (Å²) >= 11 is 0. The van der Waals surface area contributed by atoms with E-state index in [0.717, 1.165) is 12.8 Å². The standard InChI is InChI=1S/C12H21NO4/c1-4-13(9(2)14)12(11(15)16)7-5-6-10(8-12)17-3/h10H,4-8H2,1-3H3,(H,15,16). The molecule has 0 heterocycles.